The highest BCUT2D eigenvalue weighted by atomic mass is 79.9. The molecule has 1 heterocycles. The molecule has 0 bridgehead atoms. The van der Waals surface area contributed by atoms with Crippen LogP contribution in [0.3, 0.4) is 0 Å². The first kappa shape index (κ1) is 15.3. The van der Waals surface area contributed by atoms with E-state index in [2.05, 4.69) is 44.3 Å². The lowest BCUT2D eigenvalue weighted by Gasteiger charge is -2.27. The quantitative estimate of drug-likeness (QED) is 0.851. The van der Waals surface area contributed by atoms with Gasteiger partial charge in [0.15, 0.2) is 0 Å². The van der Waals surface area contributed by atoms with Crippen LogP contribution in [-0.2, 0) is 6.42 Å². The smallest absolute Gasteiger partial charge is 0.120 e. The van der Waals surface area contributed by atoms with Crippen LogP contribution in [0.2, 0.25) is 0 Å². The second-order valence-corrected chi connectivity index (χ2v) is 7.16. The summed E-state index contributed by atoms with van der Waals surface area (Å²) in [6.45, 7) is 6.59. The van der Waals surface area contributed by atoms with Crippen molar-refractivity contribution in [3.8, 4) is 5.75 Å². The van der Waals surface area contributed by atoms with Crippen molar-refractivity contribution in [2.24, 2.45) is 5.92 Å². The third-order valence-corrected chi connectivity index (χ3v) is 5.03. The van der Waals surface area contributed by atoms with Crippen molar-refractivity contribution in [3.63, 3.8) is 0 Å². The molecule has 0 atom stereocenters. The highest BCUT2D eigenvalue weighted by Gasteiger charge is 2.18. The van der Waals surface area contributed by atoms with E-state index in [0.717, 1.165) is 48.8 Å². The summed E-state index contributed by atoms with van der Waals surface area (Å²) < 4.78 is 7.10. The molecule has 0 spiro atoms. The fourth-order valence-electron chi connectivity index (χ4n) is 2.94. The number of nitrogens with zero attached hydrogens (tertiary/aromatic N) is 1. The van der Waals surface area contributed by atoms with E-state index < -0.39 is 0 Å². The Labute approximate surface area is 136 Å². The molecule has 3 nitrogen and oxygen atoms in total. The SMILES string of the molecule is Brc1cc(CCN2CCNCC2)cc(OCC2CCC2)c1. The molecule has 116 valence electrons. The first-order chi connectivity index (χ1) is 10.3. The van der Waals surface area contributed by atoms with Crippen LogP contribution in [0.25, 0.3) is 0 Å². The minimum atomic E-state index is 0.785. The maximum Gasteiger partial charge on any atom is 0.120 e. The molecule has 1 aromatic rings. The first-order valence-corrected chi connectivity index (χ1v) is 8.94. The third kappa shape index (κ3) is 4.70. The van der Waals surface area contributed by atoms with Gasteiger partial charge in [-0.15, -0.1) is 0 Å². The summed E-state index contributed by atoms with van der Waals surface area (Å²) in [6.07, 6.45) is 5.15. The highest BCUT2D eigenvalue weighted by Crippen LogP contribution is 2.28. The summed E-state index contributed by atoms with van der Waals surface area (Å²) in [5, 5.41) is 3.40. The molecular formula is C17H25BrN2O. The second-order valence-electron chi connectivity index (χ2n) is 6.24. The summed E-state index contributed by atoms with van der Waals surface area (Å²) in [4.78, 5) is 2.53. The first-order valence-electron chi connectivity index (χ1n) is 8.15. The van der Waals surface area contributed by atoms with Crippen molar-refractivity contribution < 1.29 is 4.74 Å². The predicted molar refractivity (Wildman–Crippen MR) is 90.0 cm³/mol. The summed E-state index contributed by atoms with van der Waals surface area (Å²) in [6, 6.07) is 6.52. The van der Waals surface area contributed by atoms with Crippen LogP contribution in [0.5, 0.6) is 5.75 Å². The van der Waals surface area contributed by atoms with Crippen LogP contribution >= 0.6 is 15.9 Å². The molecule has 1 N–H and O–H groups in total. The normalized spacial score (nSPS) is 20.2. The van der Waals surface area contributed by atoms with Gasteiger partial charge in [-0.05, 0) is 48.9 Å². The molecule has 2 aliphatic rings. The van der Waals surface area contributed by atoms with Crippen molar-refractivity contribution in [2.75, 3.05) is 39.3 Å². The van der Waals surface area contributed by atoms with Crippen molar-refractivity contribution >= 4 is 15.9 Å². The van der Waals surface area contributed by atoms with E-state index in [1.807, 2.05) is 0 Å². The lowest BCUT2D eigenvalue weighted by Crippen LogP contribution is -2.44. The van der Waals surface area contributed by atoms with Crippen molar-refractivity contribution in [1.29, 1.82) is 0 Å². The van der Waals surface area contributed by atoms with Crippen LogP contribution < -0.4 is 10.1 Å². The van der Waals surface area contributed by atoms with Crippen molar-refractivity contribution in [1.82, 2.24) is 10.2 Å². The molecule has 3 rings (SSSR count). The van der Waals surface area contributed by atoms with E-state index in [1.54, 1.807) is 0 Å². The molecule has 21 heavy (non-hydrogen) atoms. The van der Waals surface area contributed by atoms with Gasteiger partial charge in [-0.3, -0.25) is 0 Å². The monoisotopic (exact) mass is 352 g/mol. The molecule has 1 aliphatic carbocycles. The molecule has 1 aromatic carbocycles. The lowest BCUT2D eigenvalue weighted by molar-refractivity contribution is 0.180. The Morgan fingerprint density at radius 1 is 1.19 bits per heavy atom. The lowest BCUT2D eigenvalue weighted by atomic mass is 9.86. The molecule has 0 aromatic heterocycles. The highest BCUT2D eigenvalue weighted by molar-refractivity contribution is 9.10. The van der Waals surface area contributed by atoms with E-state index in [0.29, 0.717) is 0 Å². The standard InChI is InChI=1S/C17H25BrN2O/c18-16-10-15(4-7-20-8-5-19-6-9-20)11-17(12-16)21-13-14-2-1-3-14/h10-12,14,19H,1-9,13H2. The van der Waals surface area contributed by atoms with Gasteiger partial charge in [-0.2, -0.15) is 0 Å². The van der Waals surface area contributed by atoms with Gasteiger partial charge in [0, 0.05) is 37.2 Å². The number of halogens is 1. The zero-order chi connectivity index (χ0) is 14.5. The summed E-state index contributed by atoms with van der Waals surface area (Å²) in [5.74, 6) is 1.81. The molecule has 0 radical (unpaired) electrons. The molecule has 0 amide bonds. The Balaban J connectivity index is 1.52. The van der Waals surface area contributed by atoms with Gasteiger partial charge < -0.3 is 15.0 Å². The zero-order valence-corrected chi connectivity index (χ0v) is 14.2. The van der Waals surface area contributed by atoms with Gasteiger partial charge in [0.05, 0.1) is 6.61 Å². The van der Waals surface area contributed by atoms with Crippen LogP contribution in [0.1, 0.15) is 24.8 Å². The number of rotatable bonds is 6. The molecule has 1 aliphatic heterocycles. The van der Waals surface area contributed by atoms with Gasteiger partial charge >= 0.3 is 0 Å². The Kier molecular flexibility index (Phi) is 5.55. The maximum absolute atomic E-state index is 5.97. The van der Waals surface area contributed by atoms with E-state index in [9.17, 15) is 0 Å². The molecule has 4 heteroatoms. The molecular weight excluding hydrogens is 328 g/mol. The number of piperazine rings is 1. The zero-order valence-electron chi connectivity index (χ0n) is 12.6. The number of hydrogen-bond acceptors (Lipinski definition) is 3. The Morgan fingerprint density at radius 2 is 2.00 bits per heavy atom. The van der Waals surface area contributed by atoms with Crippen LogP contribution in [0, 0.1) is 5.92 Å². The Bertz CT molecular complexity index is 456. The fraction of sp³-hybridized carbons (Fsp3) is 0.647. The summed E-state index contributed by atoms with van der Waals surface area (Å²) in [7, 11) is 0. The largest absolute Gasteiger partial charge is 0.493 e. The molecule has 2 fully saturated rings. The topological polar surface area (TPSA) is 24.5 Å². The van der Waals surface area contributed by atoms with Crippen molar-refractivity contribution in [3.05, 3.63) is 28.2 Å². The number of hydrogen-bond donors (Lipinski definition) is 1. The minimum Gasteiger partial charge on any atom is -0.493 e. The Morgan fingerprint density at radius 3 is 2.71 bits per heavy atom. The third-order valence-electron chi connectivity index (χ3n) is 4.57. The molecule has 1 saturated heterocycles. The van der Waals surface area contributed by atoms with Crippen LogP contribution in [0.4, 0.5) is 0 Å². The van der Waals surface area contributed by atoms with Crippen LogP contribution in [0.15, 0.2) is 22.7 Å². The van der Waals surface area contributed by atoms with E-state index in [-0.39, 0.29) is 0 Å². The van der Waals surface area contributed by atoms with Gasteiger partial charge in [0.2, 0.25) is 0 Å². The fourth-order valence-corrected chi connectivity index (χ4v) is 3.46. The minimum absolute atomic E-state index is 0.785. The second kappa shape index (κ2) is 7.61. The Hall–Kier alpha value is -0.580. The average Bonchev–Trinajstić information content (AvgIpc) is 2.44. The maximum atomic E-state index is 5.97. The molecule has 1 saturated carbocycles. The molecule has 0 unspecified atom stereocenters. The van der Waals surface area contributed by atoms with E-state index in [4.69, 9.17) is 4.74 Å². The number of nitrogens with one attached hydrogen (secondary N) is 1. The number of benzene rings is 1. The van der Waals surface area contributed by atoms with Gasteiger partial charge in [-0.25, -0.2) is 0 Å². The summed E-state index contributed by atoms with van der Waals surface area (Å²) in [5.41, 5.74) is 1.37. The van der Waals surface area contributed by atoms with Gasteiger partial charge in [-0.1, -0.05) is 22.4 Å². The van der Waals surface area contributed by atoms with E-state index >= 15 is 0 Å². The average molecular weight is 353 g/mol. The van der Waals surface area contributed by atoms with Gasteiger partial charge in [0.25, 0.3) is 0 Å². The number of ether oxygens (including phenoxy) is 1. The van der Waals surface area contributed by atoms with Gasteiger partial charge in [0.1, 0.15) is 5.75 Å². The van der Waals surface area contributed by atoms with Crippen LogP contribution in [-0.4, -0.2) is 44.2 Å². The summed E-state index contributed by atoms with van der Waals surface area (Å²) >= 11 is 3.61. The predicted octanol–water partition coefficient (Wildman–Crippen LogP) is 3.08. The van der Waals surface area contributed by atoms with Crippen molar-refractivity contribution in [2.45, 2.75) is 25.7 Å². The van der Waals surface area contributed by atoms with E-state index in [1.165, 1.54) is 37.9 Å².